The Bertz CT molecular complexity index is 954. The number of ether oxygens (including phenoxy) is 1. The van der Waals surface area contributed by atoms with E-state index in [2.05, 4.69) is 9.73 Å². The SMILES string of the molecule is COC(=O)C=Cc1ccc(-c2ccc(N=Cc3ccc(O)cc3)cc2)cc1. The fraction of sp³-hybridized carbons (Fsp3) is 0.0435. The van der Waals surface area contributed by atoms with Crippen molar-refractivity contribution in [2.24, 2.45) is 4.99 Å². The van der Waals surface area contributed by atoms with E-state index in [4.69, 9.17) is 0 Å². The van der Waals surface area contributed by atoms with Gasteiger partial charge in [0.2, 0.25) is 0 Å². The molecule has 0 aromatic heterocycles. The molecule has 0 aliphatic rings. The Morgan fingerprint density at radius 1 is 0.852 bits per heavy atom. The molecule has 3 rings (SSSR count). The molecular formula is C23H19NO3. The second kappa shape index (κ2) is 8.63. The van der Waals surface area contributed by atoms with Gasteiger partial charge in [0.15, 0.2) is 0 Å². The third-order valence-electron chi connectivity index (χ3n) is 3.98. The zero-order chi connectivity index (χ0) is 19.1. The maximum atomic E-state index is 11.1. The van der Waals surface area contributed by atoms with Gasteiger partial charge in [-0.2, -0.15) is 0 Å². The standard InChI is InChI=1S/C23H19NO3/c1-27-23(26)15-6-17-2-7-19(8-3-17)20-9-11-21(12-10-20)24-16-18-4-13-22(25)14-5-18/h2-16,25H,1H3. The molecule has 0 unspecified atom stereocenters. The Morgan fingerprint density at radius 2 is 1.41 bits per heavy atom. The van der Waals surface area contributed by atoms with Crippen LogP contribution in [0.3, 0.4) is 0 Å². The molecule has 0 heterocycles. The molecule has 3 aromatic rings. The first kappa shape index (κ1) is 18.1. The fourth-order valence-electron chi connectivity index (χ4n) is 2.47. The van der Waals surface area contributed by atoms with E-state index >= 15 is 0 Å². The monoisotopic (exact) mass is 357 g/mol. The van der Waals surface area contributed by atoms with Crippen LogP contribution in [-0.4, -0.2) is 24.4 Å². The molecule has 4 heteroatoms. The Labute approximate surface area is 158 Å². The third-order valence-corrected chi connectivity index (χ3v) is 3.98. The summed E-state index contributed by atoms with van der Waals surface area (Å²) in [5.41, 5.74) is 4.87. The van der Waals surface area contributed by atoms with Crippen LogP contribution in [0.4, 0.5) is 5.69 Å². The molecule has 0 saturated carbocycles. The lowest BCUT2D eigenvalue weighted by Crippen LogP contribution is -1.93. The lowest BCUT2D eigenvalue weighted by Gasteiger charge is -2.03. The largest absolute Gasteiger partial charge is 0.508 e. The van der Waals surface area contributed by atoms with Crippen molar-refractivity contribution < 1.29 is 14.6 Å². The zero-order valence-corrected chi connectivity index (χ0v) is 14.9. The molecule has 0 bridgehead atoms. The van der Waals surface area contributed by atoms with Crippen LogP contribution < -0.4 is 0 Å². The Balaban J connectivity index is 1.68. The van der Waals surface area contributed by atoms with Gasteiger partial charge in [-0.15, -0.1) is 0 Å². The minimum Gasteiger partial charge on any atom is -0.508 e. The fourth-order valence-corrected chi connectivity index (χ4v) is 2.47. The minimum atomic E-state index is -0.373. The Kier molecular flexibility index (Phi) is 5.80. The van der Waals surface area contributed by atoms with Gasteiger partial charge in [-0.05, 0) is 64.7 Å². The summed E-state index contributed by atoms with van der Waals surface area (Å²) in [6, 6.07) is 22.7. The molecule has 0 aliphatic heterocycles. The number of phenolic OH excluding ortho intramolecular Hbond substituents is 1. The van der Waals surface area contributed by atoms with E-state index in [0.29, 0.717) is 0 Å². The zero-order valence-electron chi connectivity index (χ0n) is 14.9. The summed E-state index contributed by atoms with van der Waals surface area (Å²) in [6.07, 6.45) is 4.88. The highest BCUT2D eigenvalue weighted by Gasteiger charge is 1.99. The maximum absolute atomic E-state index is 11.1. The molecule has 0 aliphatic carbocycles. The summed E-state index contributed by atoms with van der Waals surface area (Å²) in [5.74, 6) is -0.133. The van der Waals surface area contributed by atoms with Gasteiger partial charge < -0.3 is 9.84 Å². The van der Waals surface area contributed by atoms with Crippen molar-refractivity contribution in [3.05, 3.63) is 90.0 Å². The number of benzene rings is 3. The summed E-state index contributed by atoms with van der Waals surface area (Å²) in [7, 11) is 1.36. The van der Waals surface area contributed by atoms with Crippen molar-refractivity contribution in [3.8, 4) is 16.9 Å². The lowest BCUT2D eigenvalue weighted by atomic mass is 10.0. The number of methoxy groups -OCH3 is 1. The van der Waals surface area contributed by atoms with Crippen LogP contribution in [0.2, 0.25) is 0 Å². The van der Waals surface area contributed by atoms with Gasteiger partial charge in [-0.1, -0.05) is 36.4 Å². The average molecular weight is 357 g/mol. The predicted molar refractivity (Wildman–Crippen MR) is 108 cm³/mol. The topological polar surface area (TPSA) is 58.9 Å². The van der Waals surface area contributed by atoms with Crippen molar-refractivity contribution in [3.63, 3.8) is 0 Å². The Morgan fingerprint density at radius 3 is 2.00 bits per heavy atom. The minimum absolute atomic E-state index is 0.239. The van der Waals surface area contributed by atoms with Gasteiger partial charge in [0.25, 0.3) is 0 Å². The van der Waals surface area contributed by atoms with Crippen LogP contribution >= 0.6 is 0 Å². The summed E-state index contributed by atoms with van der Waals surface area (Å²) in [5, 5.41) is 9.29. The normalized spacial score (nSPS) is 11.1. The van der Waals surface area contributed by atoms with Crippen LogP contribution in [0.15, 0.2) is 83.9 Å². The van der Waals surface area contributed by atoms with Gasteiger partial charge >= 0.3 is 5.97 Å². The molecule has 0 spiro atoms. The molecule has 134 valence electrons. The van der Waals surface area contributed by atoms with Crippen molar-refractivity contribution >= 4 is 23.9 Å². The number of hydrogen-bond acceptors (Lipinski definition) is 4. The van der Waals surface area contributed by atoms with Crippen LogP contribution in [0.1, 0.15) is 11.1 Å². The van der Waals surface area contributed by atoms with Crippen LogP contribution in [0.25, 0.3) is 17.2 Å². The van der Waals surface area contributed by atoms with Crippen molar-refractivity contribution in [2.75, 3.05) is 7.11 Å². The molecule has 0 saturated heterocycles. The second-order valence-electron chi connectivity index (χ2n) is 5.88. The molecule has 0 radical (unpaired) electrons. The molecule has 27 heavy (non-hydrogen) atoms. The van der Waals surface area contributed by atoms with Gasteiger partial charge in [-0.3, -0.25) is 4.99 Å². The molecule has 1 N–H and O–H groups in total. The summed E-state index contributed by atoms with van der Waals surface area (Å²) >= 11 is 0. The summed E-state index contributed by atoms with van der Waals surface area (Å²) < 4.78 is 4.58. The van der Waals surface area contributed by atoms with Crippen molar-refractivity contribution in [1.82, 2.24) is 0 Å². The molecule has 0 amide bonds. The van der Waals surface area contributed by atoms with Crippen molar-refractivity contribution in [2.45, 2.75) is 0 Å². The second-order valence-corrected chi connectivity index (χ2v) is 5.88. The quantitative estimate of drug-likeness (QED) is 0.397. The number of carbonyl (C=O) groups is 1. The highest BCUT2D eigenvalue weighted by Crippen LogP contribution is 2.23. The van der Waals surface area contributed by atoms with E-state index in [9.17, 15) is 9.90 Å². The number of hydrogen-bond donors (Lipinski definition) is 1. The summed E-state index contributed by atoms with van der Waals surface area (Å²) in [4.78, 5) is 15.6. The maximum Gasteiger partial charge on any atom is 0.330 e. The molecular weight excluding hydrogens is 338 g/mol. The van der Waals surface area contributed by atoms with E-state index in [-0.39, 0.29) is 11.7 Å². The van der Waals surface area contributed by atoms with E-state index < -0.39 is 0 Å². The van der Waals surface area contributed by atoms with Gasteiger partial charge in [0.1, 0.15) is 5.75 Å². The first-order valence-electron chi connectivity index (χ1n) is 8.44. The number of phenols is 1. The van der Waals surface area contributed by atoms with E-state index in [1.807, 2.05) is 60.7 Å². The number of nitrogens with zero attached hydrogens (tertiary/aromatic N) is 1. The number of aliphatic imine (C=N–C) groups is 1. The molecule has 0 fully saturated rings. The smallest absolute Gasteiger partial charge is 0.330 e. The lowest BCUT2D eigenvalue weighted by molar-refractivity contribution is -0.134. The van der Waals surface area contributed by atoms with E-state index in [0.717, 1.165) is 27.9 Å². The number of esters is 1. The van der Waals surface area contributed by atoms with Gasteiger partial charge in [-0.25, -0.2) is 4.79 Å². The first-order chi connectivity index (χ1) is 13.1. The van der Waals surface area contributed by atoms with Gasteiger partial charge in [0.05, 0.1) is 12.8 Å². The summed E-state index contributed by atoms with van der Waals surface area (Å²) in [6.45, 7) is 0. The van der Waals surface area contributed by atoms with Gasteiger partial charge in [0, 0.05) is 12.3 Å². The van der Waals surface area contributed by atoms with Crippen LogP contribution in [0, 0.1) is 0 Å². The Hall–Kier alpha value is -3.66. The predicted octanol–water partition coefficient (Wildman–Crippen LogP) is 5.00. The van der Waals surface area contributed by atoms with Crippen LogP contribution in [0.5, 0.6) is 5.75 Å². The molecule has 3 aromatic carbocycles. The highest BCUT2D eigenvalue weighted by atomic mass is 16.5. The molecule has 4 nitrogen and oxygen atoms in total. The van der Waals surface area contributed by atoms with Crippen LogP contribution in [-0.2, 0) is 9.53 Å². The van der Waals surface area contributed by atoms with E-state index in [1.54, 1.807) is 24.4 Å². The first-order valence-corrected chi connectivity index (χ1v) is 8.44. The number of carbonyl (C=O) groups excluding carboxylic acids is 1. The number of aromatic hydroxyl groups is 1. The highest BCUT2D eigenvalue weighted by molar-refractivity contribution is 5.87. The third kappa shape index (κ3) is 5.16. The van der Waals surface area contributed by atoms with Crippen molar-refractivity contribution in [1.29, 1.82) is 0 Å². The van der Waals surface area contributed by atoms with E-state index in [1.165, 1.54) is 13.2 Å². The average Bonchev–Trinajstić information content (AvgIpc) is 2.72. The molecule has 0 atom stereocenters. The number of rotatable bonds is 5.